The molecule has 5 aromatic carbocycles. The van der Waals surface area contributed by atoms with E-state index in [1.165, 1.54) is 0 Å². The average molecular weight is 522 g/mol. The molecule has 3 N–H and O–H groups in total. The Kier molecular flexibility index (Phi) is 5.31. The lowest BCUT2D eigenvalue weighted by molar-refractivity contribution is 0.488. The second-order valence-corrected chi connectivity index (χ2v) is 8.89. The van der Waals surface area contributed by atoms with E-state index in [2.05, 4.69) is 49.6 Å². The molecule has 0 saturated heterocycles. The Bertz CT molecular complexity index is 1650. The maximum absolute atomic E-state index is 6.15. The number of nitrogens with zero attached hydrogens (tertiary/aromatic N) is 3. The Morgan fingerprint density at radius 3 is 2.26 bits per heavy atom. The molecule has 35 heavy (non-hydrogen) atoms. The Morgan fingerprint density at radius 1 is 0.743 bits per heavy atom. The Balaban J connectivity index is 1.17. The molecule has 0 unspecified atom stereocenters. The first kappa shape index (κ1) is 21.2. The van der Waals surface area contributed by atoms with Gasteiger partial charge in [0.05, 0.1) is 10.2 Å². The summed E-state index contributed by atoms with van der Waals surface area (Å²) in [6.07, 6.45) is 0. The number of fused-ring (bicyclic) bond motifs is 2. The number of ether oxygens (including phenoxy) is 1. The van der Waals surface area contributed by atoms with Gasteiger partial charge >= 0.3 is 0 Å². The van der Waals surface area contributed by atoms with Crippen LogP contribution in [0.15, 0.2) is 108 Å². The number of halogens is 1. The van der Waals surface area contributed by atoms with Gasteiger partial charge in [0.25, 0.3) is 0 Å². The maximum atomic E-state index is 6.15. The molecule has 6 rings (SSSR count). The number of hydrogen-bond donors (Lipinski definition) is 2. The van der Waals surface area contributed by atoms with E-state index in [0.717, 1.165) is 54.8 Å². The maximum Gasteiger partial charge on any atom is 0.135 e. The van der Waals surface area contributed by atoms with Gasteiger partial charge in [-0.3, -0.25) is 0 Å². The number of anilines is 3. The molecule has 0 aliphatic heterocycles. The third-order valence-corrected chi connectivity index (χ3v) is 6.57. The van der Waals surface area contributed by atoms with Gasteiger partial charge in [0.1, 0.15) is 22.5 Å². The van der Waals surface area contributed by atoms with Crippen LogP contribution in [0.3, 0.4) is 0 Å². The van der Waals surface area contributed by atoms with Crippen molar-refractivity contribution in [3.63, 3.8) is 0 Å². The molecular formula is C28H20BrN5O. The molecule has 1 aromatic heterocycles. The molecule has 0 spiro atoms. The van der Waals surface area contributed by atoms with Crippen molar-refractivity contribution in [2.45, 2.75) is 0 Å². The van der Waals surface area contributed by atoms with Crippen molar-refractivity contribution in [3.05, 3.63) is 108 Å². The Labute approximate surface area is 210 Å². The summed E-state index contributed by atoms with van der Waals surface area (Å²) >= 11 is 3.49. The van der Waals surface area contributed by atoms with E-state index >= 15 is 0 Å². The van der Waals surface area contributed by atoms with Crippen molar-refractivity contribution in [2.75, 3.05) is 11.1 Å². The third-order valence-electron chi connectivity index (χ3n) is 5.74. The number of aromatic nitrogens is 3. The van der Waals surface area contributed by atoms with Gasteiger partial charge in [0, 0.05) is 22.4 Å². The summed E-state index contributed by atoms with van der Waals surface area (Å²) in [6.45, 7) is 0. The molecule has 170 valence electrons. The molecular weight excluding hydrogens is 502 g/mol. The van der Waals surface area contributed by atoms with Crippen molar-refractivity contribution < 1.29 is 4.74 Å². The van der Waals surface area contributed by atoms with Crippen LogP contribution in [0.25, 0.3) is 27.5 Å². The van der Waals surface area contributed by atoms with Gasteiger partial charge in [0.15, 0.2) is 0 Å². The minimum atomic E-state index is 0.637. The number of hydrogen-bond acceptors (Lipinski definition) is 5. The van der Waals surface area contributed by atoms with E-state index in [-0.39, 0.29) is 0 Å². The molecule has 0 saturated carbocycles. The standard InChI is InChI=1S/C28H20BrN5O/c29-27-24(30)16-17-25-28(27)33-34(32-25)21-12-8-19(9-13-21)31-20-10-14-22(15-11-20)35-26-7-3-5-18-4-1-2-6-23(18)26/h1-17,31H,30H2. The van der Waals surface area contributed by atoms with Crippen LogP contribution in [-0.2, 0) is 0 Å². The van der Waals surface area contributed by atoms with Crippen LogP contribution in [0.4, 0.5) is 17.1 Å². The minimum Gasteiger partial charge on any atom is -0.457 e. The predicted molar refractivity (Wildman–Crippen MR) is 145 cm³/mol. The fourth-order valence-corrected chi connectivity index (χ4v) is 4.36. The topological polar surface area (TPSA) is 78.0 Å². The highest BCUT2D eigenvalue weighted by atomic mass is 79.9. The van der Waals surface area contributed by atoms with E-state index in [1.807, 2.05) is 84.9 Å². The van der Waals surface area contributed by atoms with Gasteiger partial charge in [-0.15, -0.1) is 10.2 Å². The van der Waals surface area contributed by atoms with Crippen LogP contribution in [0, 0.1) is 0 Å². The van der Waals surface area contributed by atoms with Crippen LogP contribution >= 0.6 is 15.9 Å². The van der Waals surface area contributed by atoms with Crippen molar-refractivity contribution in [3.8, 4) is 17.2 Å². The lowest BCUT2D eigenvalue weighted by Crippen LogP contribution is -1.99. The highest BCUT2D eigenvalue weighted by molar-refractivity contribution is 9.10. The van der Waals surface area contributed by atoms with Crippen LogP contribution in [0.5, 0.6) is 11.5 Å². The first-order valence-corrected chi connectivity index (χ1v) is 11.9. The van der Waals surface area contributed by atoms with E-state index in [1.54, 1.807) is 4.80 Å². The molecule has 0 fully saturated rings. The smallest absolute Gasteiger partial charge is 0.135 e. The number of benzene rings is 5. The summed E-state index contributed by atoms with van der Waals surface area (Å²) in [5.41, 5.74) is 10.9. The fraction of sp³-hybridized carbons (Fsp3) is 0. The van der Waals surface area contributed by atoms with Gasteiger partial charge in [-0.05, 0) is 88.0 Å². The first-order valence-electron chi connectivity index (χ1n) is 11.1. The molecule has 7 heteroatoms. The summed E-state index contributed by atoms with van der Waals surface area (Å²) in [5.74, 6) is 1.62. The minimum absolute atomic E-state index is 0.637. The van der Waals surface area contributed by atoms with Crippen LogP contribution in [0.2, 0.25) is 0 Å². The summed E-state index contributed by atoms with van der Waals surface area (Å²) < 4.78 is 6.90. The molecule has 0 amide bonds. The number of nitrogens with two attached hydrogens (primary N) is 1. The fourth-order valence-electron chi connectivity index (χ4n) is 3.94. The quantitative estimate of drug-likeness (QED) is 0.230. The summed E-state index contributed by atoms with van der Waals surface area (Å²) in [6, 6.07) is 33.8. The van der Waals surface area contributed by atoms with E-state index in [0.29, 0.717) is 5.69 Å². The van der Waals surface area contributed by atoms with Crippen molar-refractivity contribution in [1.82, 2.24) is 15.0 Å². The zero-order valence-corrected chi connectivity index (χ0v) is 20.1. The SMILES string of the molecule is Nc1ccc2nn(-c3ccc(Nc4ccc(Oc5cccc6ccccc56)cc4)cc3)nc2c1Br. The summed E-state index contributed by atoms with van der Waals surface area (Å²) in [7, 11) is 0. The van der Waals surface area contributed by atoms with Gasteiger partial charge in [0.2, 0.25) is 0 Å². The summed E-state index contributed by atoms with van der Waals surface area (Å²) in [4.78, 5) is 1.61. The zero-order valence-electron chi connectivity index (χ0n) is 18.5. The lowest BCUT2D eigenvalue weighted by Gasteiger charge is -2.11. The monoisotopic (exact) mass is 521 g/mol. The molecule has 6 nitrogen and oxygen atoms in total. The summed E-state index contributed by atoms with van der Waals surface area (Å²) in [5, 5.41) is 14.8. The third kappa shape index (κ3) is 4.18. The Hall–Kier alpha value is -4.36. The normalized spacial score (nSPS) is 11.1. The van der Waals surface area contributed by atoms with Crippen molar-refractivity contribution >= 4 is 54.8 Å². The molecule has 6 aromatic rings. The Morgan fingerprint density at radius 2 is 1.46 bits per heavy atom. The highest BCUT2D eigenvalue weighted by Crippen LogP contribution is 2.31. The van der Waals surface area contributed by atoms with Gasteiger partial charge in [-0.25, -0.2) is 0 Å². The van der Waals surface area contributed by atoms with E-state index in [9.17, 15) is 0 Å². The predicted octanol–water partition coefficient (Wildman–Crippen LogP) is 7.45. The second-order valence-electron chi connectivity index (χ2n) is 8.10. The molecule has 0 bridgehead atoms. The lowest BCUT2D eigenvalue weighted by atomic mass is 10.1. The van der Waals surface area contributed by atoms with Crippen molar-refractivity contribution in [1.29, 1.82) is 0 Å². The second kappa shape index (κ2) is 8.77. The molecule has 0 radical (unpaired) electrons. The molecule has 0 aliphatic carbocycles. The van der Waals surface area contributed by atoms with Crippen LogP contribution in [-0.4, -0.2) is 15.0 Å². The highest BCUT2D eigenvalue weighted by Gasteiger charge is 2.10. The zero-order chi connectivity index (χ0) is 23.8. The van der Waals surface area contributed by atoms with Gasteiger partial charge < -0.3 is 15.8 Å². The molecule has 1 heterocycles. The first-order chi connectivity index (χ1) is 17.1. The molecule has 0 atom stereocenters. The van der Waals surface area contributed by atoms with E-state index in [4.69, 9.17) is 10.5 Å². The van der Waals surface area contributed by atoms with Crippen LogP contribution in [0.1, 0.15) is 0 Å². The number of rotatable bonds is 5. The van der Waals surface area contributed by atoms with Crippen molar-refractivity contribution in [2.24, 2.45) is 0 Å². The number of nitrogen functional groups attached to an aromatic ring is 1. The molecule has 0 aliphatic rings. The van der Waals surface area contributed by atoms with Gasteiger partial charge in [-0.2, -0.15) is 4.80 Å². The number of nitrogens with one attached hydrogen (secondary N) is 1. The van der Waals surface area contributed by atoms with Crippen LogP contribution < -0.4 is 15.8 Å². The average Bonchev–Trinajstić information content (AvgIpc) is 3.33. The van der Waals surface area contributed by atoms with E-state index < -0.39 is 0 Å². The van der Waals surface area contributed by atoms with Gasteiger partial charge in [-0.1, -0.05) is 36.4 Å². The largest absolute Gasteiger partial charge is 0.457 e.